The third-order valence-corrected chi connectivity index (χ3v) is 1.26. The van der Waals surface area contributed by atoms with E-state index in [1.807, 2.05) is 0 Å². The van der Waals surface area contributed by atoms with Crippen molar-refractivity contribution in [3.63, 3.8) is 0 Å². The van der Waals surface area contributed by atoms with Crippen LogP contribution in [-0.4, -0.2) is 45.3 Å². The maximum absolute atomic E-state index is 9.94. The summed E-state index contributed by atoms with van der Waals surface area (Å²) in [5.74, 6) is 0. The van der Waals surface area contributed by atoms with Crippen LogP contribution in [0.4, 0.5) is 0 Å². The maximum Gasteiger partial charge on any atom is 0.136 e. The number of ether oxygens (including phenoxy) is 1. The molecule has 0 bridgehead atoms. The molecule has 0 amide bonds. The number of aliphatic hydroxyl groups excluding tert-OH is 1. The van der Waals surface area contributed by atoms with Gasteiger partial charge in [0.25, 0.3) is 0 Å². The zero-order chi connectivity index (χ0) is 9.82. The minimum Gasteiger partial charge on any atom is -0.400 e. The van der Waals surface area contributed by atoms with Crippen molar-refractivity contribution in [2.45, 2.75) is 18.9 Å². The van der Waals surface area contributed by atoms with Gasteiger partial charge in [0.05, 0.1) is 6.04 Å². The van der Waals surface area contributed by atoms with Crippen LogP contribution in [0, 0.1) is 0 Å². The Morgan fingerprint density at radius 3 is 2.17 bits per heavy atom. The standard InChI is InChI=1S/C5H9NO.C2H6O.CH4O/c7-4-5-2-1-3-6-5;1-3-2;1-2/h4-6H,1-3H2;1-2H3;2H,1H3. The van der Waals surface area contributed by atoms with E-state index in [0.717, 1.165) is 32.8 Å². The number of nitrogens with one attached hydrogen (secondary N) is 1. The number of carbonyl (C=O) groups excluding carboxylic acids is 1. The second-order valence-electron chi connectivity index (χ2n) is 2.25. The zero-order valence-corrected chi connectivity index (χ0v) is 8.04. The average Bonchev–Trinajstić information content (AvgIpc) is 2.61. The predicted molar refractivity (Wildman–Crippen MR) is 48.2 cm³/mol. The molecule has 12 heavy (non-hydrogen) atoms. The van der Waals surface area contributed by atoms with Gasteiger partial charge in [-0.15, -0.1) is 0 Å². The van der Waals surface area contributed by atoms with Crippen LogP contribution in [0.2, 0.25) is 0 Å². The zero-order valence-electron chi connectivity index (χ0n) is 8.04. The van der Waals surface area contributed by atoms with Crippen molar-refractivity contribution < 1.29 is 14.6 Å². The van der Waals surface area contributed by atoms with Gasteiger partial charge in [0.2, 0.25) is 0 Å². The Balaban J connectivity index is 0. The van der Waals surface area contributed by atoms with Crippen molar-refractivity contribution in [3.8, 4) is 0 Å². The molecule has 0 saturated carbocycles. The maximum atomic E-state index is 9.94. The van der Waals surface area contributed by atoms with Gasteiger partial charge < -0.3 is 20.0 Å². The molecule has 0 radical (unpaired) electrons. The van der Waals surface area contributed by atoms with Crippen LogP contribution in [0.25, 0.3) is 0 Å². The van der Waals surface area contributed by atoms with Crippen molar-refractivity contribution in [3.05, 3.63) is 0 Å². The van der Waals surface area contributed by atoms with E-state index < -0.39 is 0 Å². The van der Waals surface area contributed by atoms with Crippen LogP contribution in [0.3, 0.4) is 0 Å². The summed E-state index contributed by atoms with van der Waals surface area (Å²) in [4.78, 5) is 9.94. The minimum absolute atomic E-state index is 0.167. The molecule has 1 saturated heterocycles. The molecule has 1 heterocycles. The van der Waals surface area contributed by atoms with Gasteiger partial charge in [-0.3, -0.25) is 0 Å². The highest BCUT2D eigenvalue weighted by Gasteiger charge is 2.10. The number of carbonyl (C=O) groups is 1. The summed E-state index contributed by atoms with van der Waals surface area (Å²) in [5, 5.41) is 10.0. The third kappa shape index (κ3) is 9.55. The van der Waals surface area contributed by atoms with Crippen LogP contribution >= 0.6 is 0 Å². The first-order valence-electron chi connectivity index (χ1n) is 3.88. The molecule has 0 aromatic heterocycles. The largest absolute Gasteiger partial charge is 0.400 e. The lowest BCUT2D eigenvalue weighted by Gasteiger charge is -1.93. The van der Waals surface area contributed by atoms with Crippen LogP contribution in [-0.2, 0) is 9.53 Å². The predicted octanol–water partition coefficient (Wildman–Crippen LogP) is -0.192. The molecule has 1 rings (SSSR count). The fourth-order valence-corrected chi connectivity index (χ4v) is 0.828. The summed E-state index contributed by atoms with van der Waals surface area (Å²) >= 11 is 0. The molecule has 1 atom stereocenters. The summed E-state index contributed by atoms with van der Waals surface area (Å²) < 4.78 is 4.25. The summed E-state index contributed by atoms with van der Waals surface area (Å²) in [7, 11) is 4.25. The number of aliphatic hydroxyl groups is 1. The second kappa shape index (κ2) is 13.2. The quantitative estimate of drug-likeness (QED) is 0.545. The molecule has 1 aliphatic rings. The van der Waals surface area contributed by atoms with E-state index in [2.05, 4.69) is 10.1 Å². The summed E-state index contributed by atoms with van der Waals surface area (Å²) in [5.41, 5.74) is 0. The van der Waals surface area contributed by atoms with E-state index >= 15 is 0 Å². The lowest BCUT2D eigenvalue weighted by Crippen LogP contribution is -2.21. The molecule has 0 aromatic carbocycles. The van der Waals surface area contributed by atoms with Gasteiger partial charge >= 0.3 is 0 Å². The van der Waals surface area contributed by atoms with Gasteiger partial charge in [-0.25, -0.2) is 0 Å². The van der Waals surface area contributed by atoms with Crippen LogP contribution in [0.1, 0.15) is 12.8 Å². The summed E-state index contributed by atoms with van der Waals surface area (Å²) in [6, 6.07) is 0.167. The molecule has 0 spiro atoms. The van der Waals surface area contributed by atoms with Crippen molar-refractivity contribution in [2.75, 3.05) is 27.9 Å². The van der Waals surface area contributed by atoms with E-state index in [1.165, 1.54) is 0 Å². The van der Waals surface area contributed by atoms with Crippen LogP contribution in [0.5, 0.6) is 0 Å². The monoisotopic (exact) mass is 177 g/mol. The fraction of sp³-hybridized carbons (Fsp3) is 0.875. The Bertz CT molecular complexity index is 82.4. The van der Waals surface area contributed by atoms with Gasteiger partial charge in [-0.05, 0) is 19.4 Å². The molecule has 4 heteroatoms. The molecule has 0 aromatic rings. The van der Waals surface area contributed by atoms with Crippen LogP contribution in [0.15, 0.2) is 0 Å². The number of rotatable bonds is 1. The lowest BCUT2D eigenvalue weighted by atomic mass is 10.2. The number of hydrogen-bond donors (Lipinski definition) is 2. The molecular formula is C8H19NO3. The smallest absolute Gasteiger partial charge is 0.136 e. The number of aldehydes is 1. The molecule has 1 unspecified atom stereocenters. The average molecular weight is 177 g/mol. The normalized spacial score (nSPS) is 19.8. The minimum atomic E-state index is 0.167. The van der Waals surface area contributed by atoms with Crippen molar-refractivity contribution >= 4 is 6.29 Å². The van der Waals surface area contributed by atoms with E-state index in [-0.39, 0.29) is 6.04 Å². The molecule has 1 fully saturated rings. The Kier molecular flexibility index (Phi) is 15.5. The third-order valence-electron chi connectivity index (χ3n) is 1.26. The van der Waals surface area contributed by atoms with E-state index in [4.69, 9.17) is 5.11 Å². The first kappa shape index (κ1) is 14.1. The fourth-order valence-electron chi connectivity index (χ4n) is 0.828. The van der Waals surface area contributed by atoms with Gasteiger partial charge in [0, 0.05) is 21.3 Å². The first-order valence-corrected chi connectivity index (χ1v) is 3.88. The van der Waals surface area contributed by atoms with Gasteiger partial charge in [-0.2, -0.15) is 0 Å². The Morgan fingerprint density at radius 1 is 1.50 bits per heavy atom. The molecule has 4 nitrogen and oxygen atoms in total. The van der Waals surface area contributed by atoms with Gasteiger partial charge in [0.1, 0.15) is 6.29 Å². The molecule has 1 aliphatic heterocycles. The van der Waals surface area contributed by atoms with Gasteiger partial charge in [-0.1, -0.05) is 0 Å². The van der Waals surface area contributed by atoms with E-state index in [9.17, 15) is 4.79 Å². The highest BCUT2D eigenvalue weighted by molar-refractivity contribution is 5.57. The molecule has 2 N–H and O–H groups in total. The summed E-state index contributed by atoms with van der Waals surface area (Å²) in [6.07, 6.45) is 3.17. The summed E-state index contributed by atoms with van der Waals surface area (Å²) in [6.45, 7) is 1.02. The van der Waals surface area contributed by atoms with E-state index in [1.54, 1.807) is 14.2 Å². The van der Waals surface area contributed by atoms with Crippen molar-refractivity contribution in [2.24, 2.45) is 0 Å². The highest BCUT2D eigenvalue weighted by atomic mass is 16.4. The Morgan fingerprint density at radius 2 is 2.00 bits per heavy atom. The van der Waals surface area contributed by atoms with Gasteiger partial charge in [0.15, 0.2) is 0 Å². The first-order chi connectivity index (χ1) is 5.85. The van der Waals surface area contributed by atoms with Crippen molar-refractivity contribution in [1.82, 2.24) is 5.32 Å². The Labute approximate surface area is 73.9 Å². The van der Waals surface area contributed by atoms with E-state index in [0.29, 0.717) is 0 Å². The topological polar surface area (TPSA) is 58.6 Å². The van der Waals surface area contributed by atoms with Crippen molar-refractivity contribution in [1.29, 1.82) is 0 Å². The molecule has 74 valence electrons. The lowest BCUT2D eigenvalue weighted by molar-refractivity contribution is -0.109. The highest BCUT2D eigenvalue weighted by Crippen LogP contribution is 2.00. The second-order valence-corrected chi connectivity index (χ2v) is 2.25. The van der Waals surface area contributed by atoms with Crippen LogP contribution < -0.4 is 5.32 Å². The Hall–Kier alpha value is -0.450. The SMILES string of the molecule is CO.COC.O=CC1CCCN1. The number of methoxy groups -OCH3 is 1. The number of hydrogen-bond acceptors (Lipinski definition) is 4. The molecular weight excluding hydrogens is 158 g/mol. The molecule has 0 aliphatic carbocycles.